The first kappa shape index (κ1) is 23.4. The second-order valence-corrected chi connectivity index (χ2v) is 8.82. The van der Waals surface area contributed by atoms with E-state index in [4.69, 9.17) is 18.5 Å². The van der Waals surface area contributed by atoms with Crippen molar-refractivity contribution in [3.63, 3.8) is 0 Å². The van der Waals surface area contributed by atoms with E-state index >= 15 is 0 Å². The molecule has 0 saturated heterocycles. The summed E-state index contributed by atoms with van der Waals surface area (Å²) in [7, 11) is -3.80. The summed E-state index contributed by atoms with van der Waals surface area (Å²) in [5.41, 5.74) is 0.585. The van der Waals surface area contributed by atoms with Crippen molar-refractivity contribution in [1.29, 1.82) is 0 Å². The topological polar surface area (TPSA) is 129 Å². The van der Waals surface area contributed by atoms with Gasteiger partial charge in [-0.05, 0) is 41.5 Å². The van der Waals surface area contributed by atoms with Crippen LogP contribution in [0.4, 0.5) is 9.59 Å². The zero-order chi connectivity index (χ0) is 19.9. The van der Waals surface area contributed by atoms with Crippen LogP contribution < -0.4 is 10.8 Å². The number of rotatable bonds is 7. The van der Waals surface area contributed by atoms with Crippen LogP contribution in [-0.4, -0.2) is 57.3 Å². The standard InChI is InChI=1S/C14H28N2O8S/c1-13(2,3)22-11(17)15-8-10(24-25(7,19)20)9-21-16-12(18)23-14(4,5)6/h10H,8-9H2,1-7H3,(H,15,17)(H,16,18). The van der Waals surface area contributed by atoms with Gasteiger partial charge in [0.2, 0.25) is 0 Å². The Labute approximate surface area is 148 Å². The van der Waals surface area contributed by atoms with Crippen LogP contribution in [0, 0.1) is 0 Å². The van der Waals surface area contributed by atoms with Crippen LogP contribution in [0.25, 0.3) is 0 Å². The normalized spacial score (nSPS) is 13.7. The largest absolute Gasteiger partial charge is 0.444 e. The van der Waals surface area contributed by atoms with Crippen molar-refractivity contribution in [2.45, 2.75) is 58.8 Å². The van der Waals surface area contributed by atoms with Crippen molar-refractivity contribution in [2.75, 3.05) is 19.4 Å². The molecule has 0 rings (SSSR count). The van der Waals surface area contributed by atoms with Crippen LogP contribution >= 0.6 is 0 Å². The summed E-state index contributed by atoms with van der Waals surface area (Å²) in [5.74, 6) is 0. The minimum absolute atomic E-state index is 0.210. The highest BCUT2D eigenvalue weighted by molar-refractivity contribution is 7.86. The molecule has 0 aromatic carbocycles. The highest BCUT2D eigenvalue weighted by Crippen LogP contribution is 2.07. The lowest BCUT2D eigenvalue weighted by Gasteiger charge is -2.22. The first-order valence-corrected chi connectivity index (χ1v) is 9.35. The Balaban J connectivity index is 4.49. The molecule has 0 heterocycles. The predicted octanol–water partition coefficient (Wildman–Crippen LogP) is 1.31. The minimum Gasteiger partial charge on any atom is -0.444 e. The van der Waals surface area contributed by atoms with E-state index in [0.29, 0.717) is 0 Å². The SMILES string of the molecule is CC(C)(C)OC(=O)NCC(CONC(=O)OC(C)(C)C)OS(C)(=O)=O. The average molecular weight is 384 g/mol. The first-order chi connectivity index (χ1) is 11.1. The van der Waals surface area contributed by atoms with Crippen LogP contribution in [0.3, 0.4) is 0 Å². The molecule has 0 saturated carbocycles. The maximum atomic E-state index is 11.6. The molecule has 1 atom stereocenters. The summed E-state index contributed by atoms with van der Waals surface area (Å²) in [6.45, 7) is 9.52. The van der Waals surface area contributed by atoms with Crippen molar-refractivity contribution >= 4 is 22.3 Å². The maximum Gasteiger partial charge on any atom is 0.431 e. The molecule has 11 heteroatoms. The number of ether oxygens (including phenoxy) is 2. The number of carbonyl (C=O) groups is 2. The molecule has 0 aliphatic rings. The van der Waals surface area contributed by atoms with Crippen LogP contribution in [0.15, 0.2) is 0 Å². The van der Waals surface area contributed by atoms with Gasteiger partial charge in [0, 0.05) is 0 Å². The highest BCUT2D eigenvalue weighted by Gasteiger charge is 2.22. The van der Waals surface area contributed by atoms with Crippen molar-refractivity contribution in [2.24, 2.45) is 0 Å². The summed E-state index contributed by atoms with van der Waals surface area (Å²) < 4.78 is 37.3. The van der Waals surface area contributed by atoms with Crippen molar-refractivity contribution in [3.8, 4) is 0 Å². The Kier molecular flexibility index (Phi) is 8.62. The summed E-state index contributed by atoms with van der Waals surface area (Å²) in [4.78, 5) is 27.9. The molecule has 0 aliphatic heterocycles. The summed E-state index contributed by atoms with van der Waals surface area (Å²) in [5, 5.41) is 2.36. The summed E-state index contributed by atoms with van der Waals surface area (Å²) in [6, 6.07) is 0. The fourth-order valence-corrected chi connectivity index (χ4v) is 1.99. The third-order valence-electron chi connectivity index (χ3n) is 2.01. The van der Waals surface area contributed by atoms with Crippen LogP contribution in [0.2, 0.25) is 0 Å². The van der Waals surface area contributed by atoms with Crippen molar-refractivity contribution in [3.05, 3.63) is 0 Å². The molecule has 0 bridgehead atoms. The molecule has 1 unspecified atom stereocenters. The van der Waals surface area contributed by atoms with E-state index in [-0.39, 0.29) is 13.2 Å². The Morgan fingerprint density at radius 1 is 0.960 bits per heavy atom. The van der Waals surface area contributed by atoms with Crippen molar-refractivity contribution < 1.29 is 36.5 Å². The molecular formula is C14H28N2O8S. The van der Waals surface area contributed by atoms with Gasteiger partial charge in [-0.15, -0.1) is 0 Å². The number of hydrogen-bond acceptors (Lipinski definition) is 8. The van der Waals surface area contributed by atoms with Gasteiger partial charge in [0.1, 0.15) is 23.9 Å². The highest BCUT2D eigenvalue weighted by atomic mass is 32.2. The maximum absolute atomic E-state index is 11.6. The Bertz CT molecular complexity index is 548. The van der Waals surface area contributed by atoms with Gasteiger partial charge in [-0.3, -0.25) is 9.02 Å². The second kappa shape index (κ2) is 9.20. The molecule has 148 valence electrons. The Hall–Kier alpha value is -1.59. The molecule has 0 aromatic heterocycles. The van der Waals surface area contributed by atoms with Gasteiger partial charge in [0.15, 0.2) is 0 Å². The number of hydrogen-bond donors (Lipinski definition) is 2. The van der Waals surface area contributed by atoms with Gasteiger partial charge in [-0.2, -0.15) is 13.9 Å². The Morgan fingerprint density at radius 2 is 1.44 bits per heavy atom. The monoisotopic (exact) mass is 384 g/mol. The number of hydroxylamine groups is 1. The van der Waals surface area contributed by atoms with E-state index in [1.807, 2.05) is 5.48 Å². The lowest BCUT2D eigenvalue weighted by atomic mass is 10.2. The second-order valence-electron chi connectivity index (χ2n) is 7.22. The molecule has 0 fully saturated rings. The lowest BCUT2D eigenvalue weighted by molar-refractivity contribution is -0.0296. The molecule has 0 aromatic rings. The van der Waals surface area contributed by atoms with E-state index < -0.39 is 39.6 Å². The quantitative estimate of drug-likeness (QED) is 0.496. The van der Waals surface area contributed by atoms with E-state index in [0.717, 1.165) is 6.26 Å². The Morgan fingerprint density at radius 3 is 1.88 bits per heavy atom. The fraction of sp³-hybridized carbons (Fsp3) is 0.857. The minimum atomic E-state index is -3.80. The molecule has 10 nitrogen and oxygen atoms in total. The molecule has 25 heavy (non-hydrogen) atoms. The van der Waals surface area contributed by atoms with Gasteiger partial charge >= 0.3 is 12.2 Å². The zero-order valence-corrected chi connectivity index (χ0v) is 16.5. The summed E-state index contributed by atoms with van der Waals surface area (Å²) >= 11 is 0. The molecular weight excluding hydrogens is 356 g/mol. The molecule has 2 amide bonds. The molecule has 0 aliphatic carbocycles. The lowest BCUT2D eigenvalue weighted by Crippen LogP contribution is -2.42. The zero-order valence-electron chi connectivity index (χ0n) is 15.7. The van der Waals surface area contributed by atoms with Gasteiger partial charge in [0.25, 0.3) is 10.1 Å². The third kappa shape index (κ3) is 15.7. The van der Waals surface area contributed by atoms with Gasteiger partial charge < -0.3 is 14.8 Å². The van der Waals surface area contributed by atoms with E-state index in [9.17, 15) is 18.0 Å². The molecule has 0 spiro atoms. The van der Waals surface area contributed by atoms with Gasteiger partial charge in [0.05, 0.1) is 12.8 Å². The van der Waals surface area contributed by atoms with Crippen LogP contribution in [0.5, 0.6) is 0 Å². The van der Waals surface area contributed by atoms with Gasteiger partial charge in [-0.1, -0.05) is 0 Å². The first-order valence-electron chi connectivity index (χ1n) is 7.53. The van der Waals surface area contributed by atoms with Crippen LogP contribution in [-0.2, 0) is 28.6 Å². The number of carbonyl (C=O) groups excluding carboxylic acids is 2. The average Bonchev–Trinajstić information content (AvgIpc) is 2.29. The van der Waals surface area contributed by atoms with E-state index in [2.05, 4.69) is 5.32 Å². The predicted molar refractivity (Wildman–Crippen MR) is 89.3 cm³/mol. The van der Waals surface area contributed by atoms with Gasteiger partial charge in [-0.25, -0.2) is 9.59 Å². The van der Waals surface area contributed by atoms with Crippen LogP contribution in [0.1, 0.15) is 41.5 Å². The molecule has 0 radical (unpaired) electrons. The number of nitrogens with one attached hydrogen (secondary N) is 2. The summed E-state index contributed by atoms with van der Waals surface area (Å²) in [6.07, 6.45) is -1.80. The van der Waals surface area contributed by atoms with Crippen molar-refractivity contribution in [1.82, 2.24) is 10.8 Å². The van der Waals surface area contributed by atoms with E-state index in [1.165, 1.54) is 0 Å². The molecule has 2 N–H and O–H groups in total. The number of amides is 2. The third-order valence-corrected chi connectivity index (χ3v) is 2.63. The fourth-order valence-electron chi connectivity index (χ4n) is 1.37. The van der Waals surface area contributed by atoms with E-state index in [1.54, 1.807) is 41.5 Å². The number of alkyl carbamates (subject to hydrolysis) is 1. The smallest absolute Gasteiger partial charge is 0.431 e.